The summed E-state index contributed by atoms with van der Waals surface area (Å²) in [6.07, 6.45) is 1.69. The molecule has 1 amide bonds. The van der Waals surface area contributed by atoms with E-state index in [1.54, 1.807) is 23.1 Å². The topological polar surface area (TPSA) is 73.8 Å². The van der Waals surface area contributed by atoms with Crippen LogP contribution in [0.15, 0.2) is 47.4 Å². The molecule has 0 spiro atoms. The molecule has 0 saturated heterocycles. The number of unbranched alkanes of at least 4 members (excludes halogenated alkanes) is 1. The first-order chi connectivity index (χ1) is 17.2. The summed E-state index contributed by atoms with van der Waals surface area (Å²) in [6.45, 7) is 11.6. The molecule has 36 heavy (non-hydrogen) atoms. The minimum Gasteiger partial charge on any atom is -0.302 e. The third kappa shape index (κ3) is 6.47. The van der Waals surface area contributed by atoms with Gasteiger partial charge in [-0.1, -0.05) is 45.5 Å². The molecule has 0 atom stereocenters. The van der Waals surface area contributed by atoms with Gasteiger partial charge in [-0.25, -0.2) is 17.8 Å². The van der Waals surface area contributed by atoms with Gasteiger partial charge in [0.2, 0.25) is 10.0 Å². The summed E-state index contributed by atoms with van der Waals surface area (Å²) < 4.78 is 42.0. The van der Waals surface area contributed by atoms with Crippen molar-refractivity contribution in [3.8, 4) is 0 Å². The number of rotatable bonds is 13. The van der Waals surface area contributed by atoms with Gasteiger partial charge in [0.05, 0.1) is 15.1 Å². The quantitative estimate of drug-likeness (QED) is 0.300. The fourth-order valence-corrected chi connectivity index (χ4v) is 6.43. The van der Waals surface area contributed by atoms with Crippen LogP contribution in [-0.4, -0.2) is 67.8 Å². The van der Waals surface area contributed by atoms with E-state index in [-0.39, 0.29) is 16.6 Å². The van der Waals surface area contributed by atoms with E-state index < -0.39 is 10.0 Å². The number of carbonyl (C=O) groups excluding carboxylic acids is 1. The number of aromatic nitrogens is 1. The highest BCUT2D eigenvalue weighted by Gasteiger charge is 2.25. The lowest BCUT2D eigenvalue weighted by Gasteiger charge is -2.25. The van der Waals surface area contributed by atoms with Crippen molar-refractivity contribution in [2.75, 3.05) is 44.2 Å². The summed E-state index contributed by atoms with van der Waals surface area (Å²) in [5.74, 6) is -0.625. The van der Waals surface area contributed by atoms with E-state index in [4.69, 9.17) is 0 Å². The van der Waals surface area contributed by atoms with E-state index >= 15 is 0 Å². The van der Waals surface area contributed by atoms with Gasteiger partial charge in [-0.05, 0) is 62.0 Å². The lowest BCUT2D eigenvalue weighted by Crippen LogP contribution is -2.39. The van der Waals surface area contributed by atoms with Crippen LogP contribution >= 0.6 is 11.3 Å². The van der Waals surface area contributed by atoms with Gasteiger partial charge in [-0.15, -0.1) is 0 Å². The standard InChI is InChI=1S/C26H35FN4O3S2/c1-5-9-16-30(8-4)36(33,34)22-13-10-20(11-14-22)25(32)31(18-17-29(6-2)7-3)26-28-23-15-12-21(27)19-24(23)35-26/h10-15,19H,5-9,16-18H2,1-4H3. The van der Waals surface area contributed by atoms with Gasteiger partial charge in [-0.3, -0.25) is 9.69 Å². The molecular weight excluding hydrogens is 499 g/mol. The van der Waals surface area contributed by atoms with Crippen molar-refractivity contribution in [1.82, 2.24) is 14.2 Å². The van der Waals surface area contributed by atoms with Crippen LogP contribution < -0.4 is 4.90 Å². The minimum absolute atomic E-state index is 0.169. The van der Waals surface area contributed by atoms with Crippen LogP contribution in [0.4, 0.5) is 9.52 Å². The third-order valence-corrected chi connectivity index (χ3v) is 9.23. The van der Waals surface area contributed by atoms with Crippen molar-refractivity contribution in [2.45, 2.75) is 45.4 Å². The van der Waals surface area contributed by atoms with Crippen molar-refractivity contribution in [3.63, 3.8) is 0 Å². The molecule has 3 aromatic rings. The number of thiazole rings is 1. The Morgan fingerprint density at radius 1 is 0.944 bits per heavy atom. The highest BCUT2D eigenvalue weighted by atomic mass is 32.2. The number of fused-ring (bicyclic) bond motifs is 1. The molecule has 7 nitrogen and oxygen atoms in total. The maximum absolute atomic E-state index is 13.7. The van der Waals surface area contributed by atoms with E-state index in [1.807, 2.05) is 13.8 Å². The first-order valence-electron chi connectivity index (χ1n) is 12.5. The van der Waals surface area contributed by atoms with Crippen LogP contribution in [-0.2, 0) is 10.0 Å². The van der Waals surface area contributed by atoms with Gasteiger partial charge in [0.1, 0.15) is 5.82 Å². The normalized spacial score (nSPS) is 12.1. The Kier molecular flexibility index (Phi) is 9.95. The van der Waals surface area contributed by atoms with Crippen LogP contribution in [0.5, 0.6) is 0 Å². The third-order valence-electron chi connectivity index (χ3n) is 6.20. The van der Waals surface area contributed by atoms with Crippen LogP contribution in [0.3, 0.4) is 0 Å². The average Bonchev–Trinajstić information content (AvgIpc) is 3.29. The summed E-state index contributed by atoms with van der Waals surface area (Å²) in [7, 11) is -3.63. The largest absolute Gasteiger partial charge is 0.302 e. The van der Waals surface area contributed by atoms with Crippen LogP contribution in [0.1, 0.15) is 50.9 Å². The van der Waals surface area contributed by atoms with E-state index in [0.29, 0.717) is 47.1 Å². The second kappa shape index (κ2) is 12.7. The number of halogens is 1. The van der Waals surface area contributed by atoms with E-state index in [1.165, 1.54) is 39.9 Å². The van der Waals surface area contributed by atoms with E-state index in [0.717, 1.165) is 25.9 Å². The lowest BCUT2D eigenvalue weighted by molar-refractivity contribution is 0.0983. The molecule has 0 bridgehead atoms. The Morgan fingerprint density at radius 3 is 2.25 bits per heavy atom. The van der Waals surface area contributed by atoms with Crippen molar-refractivity contribution in [1.29, 1.82) is 0 Å². The molecule has 0 unspecified atom stereocenters. The summed E-state index contributed by atoms with van der Waals surface area (Å²) in [6, 6.07) is 10.5. The smallest absolute Gasteiger partial charge is 0.260 e. The monoisotopic (exact) mass is 534 g/mol. The molecule has 3 rings (SSSR count). The highest BCUT2D eigenvalue weighted by molar-refractivity contribution is 7.89. The molecule has 10 heteroatoms. The molecule has 0 N–H and O–H groups in total. The van der Waals surface area contributed by atoms with E-state index in [2.05, 4.69) is 23.7 Å². The SMILES string of the molecule is CCCCN(CC)S(=O)(=O)c1ccc(C(=O)N(CCN(CC)CC)c2nc3ccc(F)cc3s2)cc1. The molecule has 1 heterocycles. The fourth-order valence-electron chi connectivity index (χ4n) is 3.92. The van der Waals surface area contributed by atoms with Gasteiger partial charge in [-0.2, -0.15) is 4.31 Å². The van der Waals surface area contributed by atoms with Gasteiger partial charge in [0, 0.05) is 31.7 Å². The second-order valence-electron chi connectivity index (χ2n) is 8.47. The summed E-state index contributed by atoms with van der Waals surface area (Å²) in [5, 5.41) is 0.487. The van der Waals surface area contributed by atoms with Crippen LogP contribution in [0.25, 0.3) is 10.2 Å². The number of amides is 1. The molecular formula is C26H35FN4O3S2. The number of carbonyl (C=O) groups is 1. The first kappa shape index (κ1) is 28.2. The number of sulfonamides is 1. The zero-order valence-electron chi connectivity index (χ0n) is 21.4. The van der Waals surface area contributed by atoms with Crippen molar-refractivity contribution in [2.24, 2.45) is 0 Å². The van der Waals surface area contributed by atoms with Gasteiger partial charge < -0.3 is 4.90 Å². The Morgan fingerprint density at radius 2 is 1.64 bits per heavy atom. The zero-order valence-corrected chi connectivity index (χ0v) is 23.0. The molecule has 1 aromatic heterocycles. The predicted molar refractivity (Wildman–Crippen MR) is 145 cm³/mol. The Balaban J connectivity index is 1.91. The first-order valence-corrected chi connectivity index (χ1v) is 14.7. The predicted octanol–water partition coefficient (Wildman–Crippen LogP) is 5.23. The molecule has 196 valence electrons. The van der Waals surface area contributed by atoms with Crippen molar-refractivity contribution < 1.29 is 17.6 Å². The van der Waals surface area contributed by atoms with E-state index in [9.17, 15) is 17.6 Å². The molecule has 0 fully saturated rings. The fraction of sp³-hybridized carbons (Fsp3) is 0.462. The van der Waals surface area contributed by atoms with Crippen molar-refractivity contribution >= 4 is 42.6 Å². The van der Waals surface area contributed by atoms with Gasteiger partial charge in [0.25, 0.3) is 5.91 Å². The Bertz CT molecular complexity index is 1260. The Labute approximate surface area is 217 Å². The van der Waals surface area contributed by atoms with Gasteiger partial charge in [0.15, 0.2) is 5.13 Å². The molecule has 0 aliphatic carbocycles. The zero-order chi connectivity index (χ0) is 26.3. The molecule has 0 radical (unpaired) electrons. The minimum atomic E-state index is -3.63. The van der Waals surface area contributed by atoms with Crippen LogP contribution in [0, 0.1) is 5.82 Å². The van der Waals surface area contributed by atoms with Gasteiger partial charge >= 0.3 is 0 Å². The second-order valence-corrected chi connectivity index (χ2v) is 11.4. The Hall–Kier alpha value is -2.40. The summed E-state index contributed by atoms with van der Waals surface area (Å²) >= 11 is 1.26. The molecule has 2 aromatic carbocycles. The number of likely N-dealkylation sites (N-methyl/N-ethyl adjacent to an activating group) is 1. The number of hydrogen-bond acceptors (Lipinski definition) is 6. The maximum Gasteiger partial charge on any atom is 0.260 e. The number of hydrogen-bond donors (Lipinski definition) is 0. The number of nitrogens with zero attached hydrogens (tertiary/aromatic N) is 4. The summed E-state index contributed by atoms with van der Waals surface area (Å²) in [5.41, 5.74) is 1.00. The molecule has 0 aliphatic rings. The molecule has 0 aliphatic heterocycles. The lowest BCUT2D eigenvalue weighted by atomic mass is 10.2. The average molecular weight is 535 g/mol. The maximum atomic E-state index is 13.7. The number of benzene rings is 2. The van der Waals surface area contributed by atoms with Crippen molar-refractivity contribution in [3.05, 3.63) is 53.8 Å². The number of anilines is 1. The highest BCUT2D eigenvalue weighted by Crippen LogP contribution is 2.30. The summed E-state index contributed by atoms with van der Waals surface area (Å²) in [4.78, 5) is 22.2. The van der Waals surface area contributed by atoms with Crippen LogP contribution in [0.2, 0.25) is 0 Å². The molecule has 0 saturated carbocycles.